The number of H-pyrrole nitrogens is 1. The van der Waals surface area contributed by atoms with Crippen molar-refractivity contribution in [1.29, 1.82) is 0 Å². The predicted octanol–water partition coefficient (Wildman–Crippen LogP) is 4.36. The number of unbranched alkanes of at least 4 members (excludes halogenated alkanes) is 1. The topological polar surface area (TPSA) is 54.5 Å². The van der Waals surface area contributed by atoms with Crippen LogP contribution in [-0.2, 0) is 6.42 Å². The van der Waals surface area contributed by atoms with Crippen molar-refractivity contribution < 1.29 is 0 Å². The third kappa shape index (κ3) is 3.77. The Bertz CT molecular complexity index is 925. The fraction of sp³-hybridized carbons (Fsp3) is 0.174. The third-order valence-corrected chi connectivity index (χ3v) is 15.5. The van der Waals surface area contributed by atoms with Crippen molar-refractivity contribution in [2.75, 3.05) is 6.16 Å². The Morgan fingerprint density at radius 1 is 0.690 bits per heavy atom. The van der Waals surface area contributed by atoms with Gasteiger partial charge in [-0.05, 0) is 0 Å². The number of aryl methyl sites for hydroxylation is 1. The van der Waals surface area contributed by atoms with Gasteiger partial charge < -0.3 is 0 Å². The second-order valence-corrected chi connectivity index (χ2v) is 16.3. The van der Waals surface area contributed by atoms with Crippen molar-refractivity contribution in [3.63, 3.8) is 0 Å². The molecule has 0 spiro atoms. The summed E-state index contributed by atoms with van der Waals surface area (Å²) in [4.78, 5) is 0. The molecule has 0 fully saturated rings. The van der Waals surface area contributed by atoms with E-state index in [1.807, 2.05) is 0 Å². The summed E-state index contributed by atoms with van der Waals surface area (Å²) in [5, 5.41) is 15.7. The Hall–Kier alpha value is -2.36. The number of halogens is 1. The molecule has 148 valence electrons. The van der Waals surface area contributed by atoms with Crippen LogP contribution in [0.5, 0.6) is 0 Å². The van der Waals surface area contributed by atoms with E-state index in [9.17, 15) is 0 Å². The molecule has 4 rings (SSSR count). The summed E-state index contributed by atoms with van der Waals surface area (Å²) in [6, 6.07) is 32.7. The van der Waals surface area contributed by atoms with Crippen LogP contribution in [0.2, 0.25) is 0 Å². The molecule has 0 radical (unpaired) electrons. The summed E-state index contributed by atoms with van der Waals surface area (Å²) < 4.78 is 0. The molecular formula is C23H24BrN4P. The van der Waals surface area contributed by atoms with Crippen LogP contribution in [-0.4, -0.2) is 26.8 Å². The second kappa shape index (κ2) is 8.56. The molecule has 1 N–H and O–H groups in total. The monoisotopic (exact) mass is 466 g/mol. The summed E-state index contributed by atoms with van der Waals surface area (Å²) in [6.45, 7) is 0. The van der Waals surface area contributed by atoms with Gasteiger partial charge in [0.25, 0.3) is 0 Å². The second-order valence-electron chi connectivity index (χ2n) is 7.20. The summed E-state index contributed by atoms with van der Waals surface area (Å²) in [5.74, 6) is 0.777. The number of hydrogen-bond acceptors (Lipinski definition) is 3. The third-order valence-electron chi connectivity index (χ3n) is 5.50. The van der Waals surface area contributed by atoms with Crippen LogP contribution >= 0.6 is 20.8 Å². The van der Waals surface area contributed by atoms with Crippen molar-refractivity contribution in [3.8, 4) is 0 Å². The summed E-state index contributed by atoms with van der Waals surface area (Å²) in [6.07, 6.45) is 3.92. The van der Waals surface area contributed by atoms with Crippen LogP contribution in [0.1, 0.15) is 18.7 Å². The molecule has 0 amide bonds. The Labute approximate surface area is 179 Å². The van der Waals surface area contributed by atoms with Gasteiger partial charge in [-0.15, -0.1) is 0 Å². The van der Waals surface area contributed by atoms with Crippen LogP contribution in [0.3, 0.4) is 0 Å². The maximum atomic E-state index is 4.48. The van der Waals surface area contributed by atoms with Gasteiger partial charge in [-0.2, -0.15) is 0 Å². The Kier molecular flexibility index (Phi) is 5.89. The molecule has 1 aromatic heterocycles. The number of tetrazole rings is 1. The quantitative estimate of drug-likeness (QED) is 0.310. The molecule has 0 atom stereocenters. The minimum atomic E-state index is -2.81. The van der Waals surface area contributed by atoms with Crippen LogP contribution in [0.15, 0.2) is 91.0 Å². The zero-order chi connectivity index (χ0) is 20.0. The molecule has 0 saturated heterocycles. The number of rotatable bonds is 8. The number of hydrogen-bond donors (Lipinski definition) is 1. The molecule has 6 heteroatoms. The van der Waals surface area contributed by atoms with Gasteiger partial charge in [0.2, 0.25) is 0 Å². The van der Waals surface area contributed by atoms with E-state index in [2.05, 4.69) is 127 Å². The number of aromatic nitrogens is 4. The van der Waals surface area contributed by atoms with Crippen molar-refractivity contribution in [2.24, 2.45) is 0 Å². The molecule has 0 unspecified atom stereocenters. The van der Waals surface area contributed by atoms with Crippen molar-refractivity contribution in [2.45, 2.75) is 19.3 Å². The van der Waals surface area contributed by atoms with Crippen molar-refractivity contribution in [3.05, 3.63) is 96.8 Å². The van der Waals surface area contributed by atoms with Gasteiger partial charge in [0.1, 0.15) is 0 Å². The van der Waals surface area contributed by atoms with Gasteiger partial charge >= 0.3 is 180 Å². The van der Waals surface area contributed by atoms with Gasteiger partial charge in [0.15, 0.2) is 0 Å². The Morgan fingerprint density at radius 3 is 1.59 bits per heavy atom. The molecule has 0 saturated carbocycles. The molecule has 0 aliphatic heterocycles. The first kappa shape index (κ1) is 19.9. The SMILES string of the molecule is BrP(CCCCc1nn[nH]n1)(c1ccccc1)(c1ccccc1)c1ccccc1. The molecule has 29 heavy (non-hydrogen) atoms. The fourth-order valence-electron chi connectivity index (χ4n) is 4.03. The van der Waals surface area contributed by atoms with Gasteiger partial charge in [-0.25, -0.2) is 0 Å². The first-order valence-electron chi connectivity index (χ1n) is 9.84. The number of aromatic amines is 1. The van der Waals surface area contributed by atoms with E-state index in [-0.39, 0.29) is 0 Å². The summed E-state index contributed by atoms with van der Waals surface area (Å²) >= 11 is 4.48. The maximum absolute atomic E-state index is 4.48. The Balaban J connectivity index is 1.80. The van der Waals surface area contributed by atoms with Crippen LogP contribution in [0.4, 0.5) is 0 Å². The average Bonchev–Trinajstić information content (AvgIpc) is 3.32. The fourth-order valence-corrected chi connectivity index (χ4v) is 11.8. The van der Waals surface area contributed by atoms with Gasteiger partial charge in [0, 0.05) is 0 Å². The first-order chi connectivity index (χ1) is 14.2. The molecule has 0 aliphatic carbocycles. The Morgan fingerprint density at radius 2 is 1.17 bits per heavy atom. The average molecular weight is 467 g/mol. The zero-order valence-corrected chi connectivity index (χ0v) is 18.6. The first-order valence-corrected chi connectivity index (χ1v) is 14.3. The molecule has 4 aromatic rings. The van der Waals surface area contributed by atoms with Gasteiger partial charge in [-0.1, -0.05) is 0 Å². The molecular weight excluding hydrogens is 443 g/mol. The van der Waals surface area contributed by atoms with E-state index in [4.69, 9.17) is 0 Å². The van der Waals surface area contributed by atoms with Crippen LogP contribution < -0.4 is 15.9 Å². The molecule has 3 aromatic carbocycles. The van der Waals surface area contributed by atoms with Crippen LogP contribution in [0, 0.1) is 0 Å². The van der Waals surface area contributed by atoms with E-state index in [0.29, 0.717) is 0 Å². The van der Waals surface area contributed by atoms with Gasteiger partial charge in [0.05, 0.1) is 0 Å². The standard InChI is InChI=1S/C23H24BrN4P/c24-29(20-12-4-1-5-13-20,21-14-6-2-7-15-21,22-16-8-3-9-17-22)19-11-10-18-23-25-27-28-26-23/h1-9,12-17H,10-11,18-19H2,(H,25,26,27,28). The molecule has 4 nitrogen and oxygen atoms in total. The van der Waals surface area contributed by atoms with Gasteiger partial charge in [-0.3, -0.25) is 0 Å². The van der Waals surface area contributed by atoms with Crippen molar-refractivity contribution >= 4 is 36.7 Å². The number of nitrogens with one attached hydrogen (secondary N) is 1. The van der Waals surface area contributed by atoms with E-state index < -0.39 is 5.31 Å². The minimum absolute atomic E-state index is 0.777. The molecule has 1 heterocycles. The molecule has 0 bridgehead atoms. The van der Waals surface area contributed by atoms with E-state index in [1.165, 1.54) is 15.9 Å². The van der Waals surface area contributed by atoms with Crippen molar-refractivity contribution in [1.82, 2.24) is 20.6 Å². The van der Waals surface area contributed by atoms with E-state index >= 15 is 0 Å². The van der Waals surface area contributed by atoms with E-state index in [1.54, 1.807) is 0 Å². The number of benzene rings is 3. The normalized spacial score (nSPS) is 12.9. The summed E-state index contributed by atoms with van der Waals surface area (Å²) in [5.41, 5.74) is 0. The number of nitrogens with zero attached hydrogens (tertiary/aromatic N) is 3. The zero-order valence-electron chi connectivity index (χ0n) is 16.2. The summed E-state index contributed by atoms with van der Waals surface area (Å²) in [7, 11) is 0. The molecule has 0 aliphatic rings. The van der Waals surface area contributed by atoms with Crippen LogP contribution in [0.25, 0.3) is 0 Å². The predicted molar refractivity (Wildman–Crippen MR) is 126 cm³/mol. The van der Waals surface area contributed by atoms with E-state index in [0.717, 1.165) is 31.2 Å².